The van der Waals surface area contributed by atoms with Crippen LogP contribution in [0.2, 0.25) is 0 Å². The van der Waals surface area contributed by atoms with E-state index in [2.05, 4.69) is 15.6 Å². The van der Waals surface area contributed by atoms with Gasteiger partial charge in [0.2, 0.25) is 0 Å². The number of carbonyl (C=O) groups is 1. The summed E-state index contributed by atoms with van der Waals surface area (Å²) in [4.78, 5) is 15.3. The van der Waals surface area contributed by atoms with Gasteiger partial charge in [-0.25, -0.2) is 14.2 Å². The molecule has 104 valence electrons. The predicted octanol–water partition coefficient (Wildman–Crippen LogP) is 2.16. The lowest BCUT2D eigenvalue weighted by Gasteiger charge is -2.18. The van der Waals surface area contributed by atoms with Crippen molar-refractivity contribution < 1.29 is 13.9 Å². The van der Waals surface area contributed by atoms with E-state index in [9.17, 15) is 9.18 Å². The molecule has 0 spiro atoms. The molecule has 1 heterocycles. The summed E-state index contributed by atoms with van der Waals surface area (Å²) in [5.41, 5.74) is 0. The Labute approximate surface area is 111 Å². The summed E-state index contributed by atoms with van der Waals surface area (Å²) in [7, 11) is 0. The fourth-order valence-electron chi connectivity index (χ4n) is 1.88. The van der Waals surface area contributed by atoms with Crippen LogP contribution in [0.4, 0.5) is 15.0 Å². The fourth-order valence-corrected chi connectivity index (χ4v) is 1.88. The molecule has 1 aliphatic carbocycles. The van der Waals surface area contributed by atoms with Gasteiger partial charge in [0, 0.05) is 12.7 Å². The van der Waals surface area contributed by atoms with Gasteiger partial charge in [0.25, 0.3) is 0 Å². The quantitative estimate of drug-likeness (QED) is 0.829. The Morgan fingerprint density at radius 3 is 3.05 bits per heavy atom. The third-order valence-corrected chi connectivity index (χ3v) is 3.02. The monoisotopic (exact) mass is 267 g/mol. The summed E-state index contributed by atoms with van der Waals surface area (Å²) in [6.07, 6.45) is 3.24. The average molecular weight is 267 g/mol. The van der Waals surface area contributed by atoms with Gasteiger partial charge >= 0.3 is 6.09 Å². The first-order valence-corrected chi connectivity index (χ1v) is 6.48. The zero-order chi connectivity index (χ0) is 13.7. The van der Waals surface area contributed by atoms with Crippen LogP contribution in [-0.2, 0) is 4.74 Å². The predicted molar refractivity (Wildman–Crippen MR) is 69.4 cm³/mol. The number of hydrogen-bond donors (Lipinski definition) is 2. The van der Waals surface area contributed by atoms with Crippen LogP contribution in [0, 0.1) is 11.7 Å². The van der Waals surface area contributed by atoms with Crippen molar-refractivity contribution in [2.24, 2.45) is 5.92 Å². The number of hydrogen-bond acceptors (Lipinski definition) is 4. The Morgan fingerprint density at radius 2 is 2.42 bits per heavy atom. The topological polar surface area (TPSA) is 63.2 Å². The molecule has 1 aliphatic rings. The lowest BCUT2D eigenvalue weighted by atomic mass is 10.2. The van der Waals surface area contributed by atoms with Crippen molar-refractivity contribution in [2.75, 3.05) is 18.5 Å². The third-order valence-electron chi connectivity index (χ3n) is 3.02. The largest absolute Gasteiger partial charge is 0.450 e. The number of amides is 1. The van der Waals surface area contributed by atoms with Crippen molar-refractivity contribution in [2.45, 2.75) is 25.8 Å². The highest BCUT2D eigenvalue weighted by molar-refractivity contribution is 5.67. The number of pyridine rings is 1. The molecule has 0 saturated heterocycles. The minimum Gasteiger partial charge on any atom is -0.450 e. The number of nitrogens with one attached hydrogen (secondary N) is 2. The van der Waals surface area contributed by atoms with E-state index >= 15 is 0 Å². The molecule has 6 heteroatoms. The Kier molecular flexibility index (Phi) is 4.54. The van der Waals surface area contributed by atoms with E-state index in [-0.39, 0.29) is 11.9 Å². The zero-order valence-electron chi connectivity index (χ0n) is 10.9. The molecule has 2 N–H and O–H groups in total. The van der Waals surface area contributed by atoms with E-state index in [0.29, 0.717) is 19.1 Å². The highest BCUT2D eigenvalue weighted by Crippen LogP contribution is 2.32. The minimum absolute atomic E-state index is 0.0551. The highest BCUT2D eigenvalue weighted by Gasteiger charge is 2.32. The van der Waals surface area contributed by atoms with Crippen LogP contribution in [0.1, 0.15) is 19.8 Å². The van der Waals surface area contributed by atoms with Crippen LogP contribution >= 0.6 is 0 Å². The van der Waals surface area contributed by atoms with Crippen molar-refractivity contribution in [1.29, 1.82) is 0 Å². The summed E-state index contributed by atoms with van der Waals surface area (Å²) < 4.78 is 18.3. The van der Waals surface area contributed by atoms with E-state index in [4.69, 9.17) is 4.74 Å². The second kappa shape index (κ2) is 6.36. The zero-order valence-corrected chi connectivity index (χ0v) is 10.9. The van der Waals surface area contributed by atoms with E-state index in [0.717, 1.165) is 12.8 Å². The van der Waals surface area contributed by atoms with Crippen molar-refractivity contribution in [3.8, 4) is 0 Å². The van der Waals surface area contributed by atoms with Crippen molar-refractivity contribution in [3.05, 3.63) is 24.1 Å². The molecule has 2 rings (SSSR count). The molecule has 1 atom stereocenters. The molecular weight excluding hydrogens is 249 g/mol. The number of ether oxygens (including phenoxy) is 1. The number of aromatic nitrogens is 1. The number of carbonyl (C=O) groups excluding carboxylic acids is 1. The first kappa shape index (κ1) is 13.6. The number of halogens is 1. The SMILES string of the molecule is CCOC(=O)NC(CNc1ncccc1F)C1CC1. The van der Waals surface area contributed by atoms with Crippen LogP contribution in [0.25, 0.3) is 0 Å². The fraction of sp³-hybridized carbons (Fsp3) is 0.538. The maximum Gasteiger partial charge on any atom is 0.407 e. The summed E-state index contributed by atoms with van der Waals surface area (Å²) in [5, 5.41) is 5.72. The van der Waals surface area contributed by atoms with Gasteiger partial charge in [-0.05, 0) is 37.8 Å². The number of nitrogens with zero attached hydrogens (tertiary/aromatic N) is 1. The van der Waals surface area contributed by atoms with Crippen LogP contribution in [0.5, 0.6) is 0 Å². The first-order valence-electron chi connectivity index (χ1n) is 6.48. The Hall–Kier alpha value is -1.85. The summed E-state index contributed by atoms with van der Waals surface area (Å²) in [5.74, 6) is 0.246. The normalized spacial score (nSPS) is 15.7. The van der Waals surface area contributed by atoms with Gasteiger partial charge < -0.3 is 15.4 Å². The lowest BCUT2D eigenvalue weighted by molar-refractivity contribution is 0.147. The molecular formula is C13H18FN3O2. The van der Waals surface area contributed by atoms with Gasteiger partial charge in [-0.1, -0.05) is 0 Å². The maximum absolute atomic E-state index is 13.4. The molecule has 1 aromatic rings. The van der Waals surface area contributed by atoms with Crippen molar-refractivity contribution in [1.82, 2.24) is 10.3 Å². The molecule has 0 aliphatic heterocycles. The second-order valence-corrected chi connectivity index (χ2v) is 4.52. The molecule has 1 aromatic heterocycles. The van der Waals surface area contributed by atoms with E-state index in [1.165, 1.54) is 18.3 Å². The van der Waals surface area contributed by atoms with Gasteiger partial charge in [-0.3, -0.25) is 0 Å². The minimum atomic E-state index is -0.428. The van der Waals surface area contributed by atoms with Gasteiger partial charge in [0.05, 0.1) is 12.6 Å². The molecule has 19 heavy (non-hydrogen) atoms. The molecule has 1 amide bonds. The molecule has 0 bridgehead atoms. The first-order chi connectivity index (χ1) is 9.20. The summed E-state index contributed by atoms with van der Waals surface area (Å²) >= 11 is 0. The smallest absolute Gasteiger partial charge is 0.407 e. The van der Waals surface area contributed by atoms with Crippen LogP contribution in [0.3, 0.4) is 0 Å². The Bertz CT molecular complexity index is 438. The Balaban J connectivity index is 1.87. The summed E-state index contributed by atoms with van der Waals surface area (Å²) in [6, 6.07) is 2.83. The van der Waals surface area contributed by atoms with Crippen molar-refractivity contribution >= 4 is 11.9 Å². The van der Waals surface area contributed by atoms with E-state index in [1.54, 1.807) is 6.92 Å². The third kappa shape index (κ3) is 4.08. The van der Waals surface area contributed by atoms with Crippen LogP contribution in [-0.4, -0.2) is 30.3 Å². The standard InChI is InChI=1S/C13H18FN3O2/c1-2-19-13(18)17-11(9-5-6-9)8-16-12-10(14)4-3-7-15-12/h3-4,7,9,11H,2,5-6,8H2,1H3,(H,15,16)(H,17,18). The molecule has 1 fully saturated rings. The van der Waals surface area contributed by atoms with Gasteiger partial charge in [0.1, 0.15) is 0 Å². The number of rotatable bonds is 6. The van der Waals surface area contributed by atoms with Gasteiger partial charge in [-0.15, -0.1) is 0 Å². The lowest BCUT2D eigenvalue weighted by Crippen LogP contribution is -2.41. The van der Waals surface area contributed by atoms with Gasteiger partial charge in [0.15, 0.2) is 11.6 Å². The molecule has 1 unspecified atom stereocenters. The molecule has 0 radical (unpaired) electrons. The van der Waals surface area contributed by atoms with Crippen LogP contribution < -0.4 is 10.6 Å². The second-order valence-electron chi connectivity index (χ2n) is 4.52. The van der Waals surface area contributed by atoms with E-state index in [1.807, 2.05) is 0 Å². The number of alkyl carbamates (subject to hydrolysis) is 1. The van der Waals surface area contributed by atoms with E-state index < -0.39 is 11.9 Å². The maximum atomic E-state index is 13.4. The summed E-state index contributed by atoms with van der Waals surface area (Å²) in [6.45, 7) is 2.54. The van der Waals surface area contributed by atoms with Gasteiger partial charge in [-0.2, -0.15) is 0 Å². The number of anilines is 1. The molecule has 0 aromatic carbocycles. The van der Waals surface area contributed by atoms with Crippen molar-refractivity contribution in [3.63, 3.8) is 0 Å². The molecule has 5 nitrogen and oxygen atoms in total. The Morgan fingerprint density at radius 1 is 1.63 bits per heavy atom. The molecule has 1 saturated carbocycles. The average Bonchev–Trinajstić information content (AvgIpc) is 3.20. The highest BCUT2D eigenvalue weighted by atomic mass is 19.1. The van der Waals surface area contributed by atoms with Crippen LogP contribution in [0.15, 0.2) is 18.3 Å².